The van der Waals surface area contributed by atoms with E-state index in [0.717, 1.165) is 16.1 Å². The number of aryl methyl sites for hydroxylation is 1. The maximum Gasteiger partial charge on any atom is 0.232 e. The van der Waals surface area contributed by atoms with Crippen LogP contribution in [0.25, 0.3) is 0 Å². The van der Waals surface area contributed by atoms with Crippen LogP contribution >= 0.6 is 11.6 Å². The van der Waals surface area contributed by atoms with Gasteiger partial charge in [-0.15, -0.1) is 0 Å². The van der Waals surface area contributed by atoms with Crippen LogP contribution in [0.5, 0.6) is 0 Å². The maximum atomic E-state index is 13.1. The molecule has 134 valence electrons. The number of benzene rings is 2. The summed E-state index contributed by atoms with van der Waals surface area (Å²) in [6.45, 7) is 1.75. The van der Waals surface area contributed by atoms with E-state index in [2.05, 4.69) is 5.32 Å². The number of carbonyl (C=O) groups is 1. The Balaban J connectivity index is 2.10. The lowest BCUT2D eigenvalue weighted by atomic mass is 10.2. The number of halogens is 2. The summed E-state index contributed by atoms with van der Waals surface area (Å²) < 4.78 is 38.3. The van der Waals surface area contributed by atoms with Gasteiger partial charge in [-0.25, -0.2) is 12.8 Å². The van der Waals surface area contributed by atoms with E-state index in [1.54, 1.807) is 24.3 Å². The molecule has 0 unspecified atom stereocenters. The van der Waals surface area contributed by atoms with E-state index in [0.29, 0.717) is 16.4 Å². The molecule has 0 aromatic heterocycles. The van der Waals surface area contributed by atoms with Gasteiger partial charge in [0.2, 0.25) is 15.9 Å². The molecular formula is C17H18ClFN2O3S. The van der Waals surface area contributed by atoms with Crippen LogP contribution in [-0.2, 0) is 14.8 Å². The number of hydrogen-bond acceptors (Lipinski definition) is 3. The minimum absolute atomic E-state index is 0.0562. The van der Waals surface area contributed by atoms with E-state index in [-0.39, 0.29) is 13.0 Å². The maximum absolute atomic E-state index is 13.1. The molecule has 2 aromatic carbocycles. The Morgan fingerprint density at radius 2 is 1.96 bits per heavy atom. The fourth-order valence-corrected chi connectivity index (χ4v) is 3.31. The molecule has 0 aliphatic heterocycles. The standard InChI is InChI=1S/C17H18ClFN2O3S/c1-12-6-7-15(11-16(12)18)21(25(2,23)24)9-8-17(22)20-14-5-3-4-13(19)10-14/h3-7,10-11H,8-9H2,1-2H3,(H,20,22). The first-order valence-electron chi connectivity index (χ1n) is 7.46. The fraction of sp³-hybridized carbons (Fsp3) is 0.235. The molecule has 5 nitrogen and oxygen atoms in total. The van der Waals surface area contributed by atoms with E-state index in [4.69, 9.17) is 11.6 Å². The van der Waals surface area contributed by atoms with Gasteiger partial charge in [0.05, 0.1) is 11.9 Å². The third kappa shape index (κ3) is 5.44. The van der Waals surface area contributed by atoms with Gasteiger partial charge in [-0.05, 0) is 42.8 Å². The number of hydrogen-bond donors (Lipinski definition) is 1. The Labute approximate surface area is 151 Å². The van der Waals surface area contributed by atoms with E-state index >= 15 is 0 Å². The van der Waals surface area contributed by atoms with Gasteiger partial charge in [0, 0.05) is 23.7 Å². The third-order valence-electron chi connectivity index (χ3n) is 3.49. The van der Waals surface area contributed by atoms with E-state index in [9.17, 15) is 17.6 Å². The first kappa shape index (κ1) is 19.2. The fourth-order valence-electron chi connectivity index (χ4n) is 2.22. The Hall–Kier alpha value is -2.12. The Morgan fingerprint density at radius 1 is 1.24 bits per heavy atom. The van der Waals surface area contributed by atoms with Crippen LogP contribution < -0.4 is 9.62 Å². The second-order valence-electron chi connectivity index (χ2n) is 5.58. The van der Waals surface area contributed by atoms with Crippen LogP contribution in [0.2, 0.25) is 5.02 Å². The van der Waals surface area contributed by atoms with E-state index in [1.807, 2.05) is 6.92 Å². The molecule has 0 heterocycles. The van der Waals surface area contributed by atoms with Gasteiger partial charge < -0.3 is 5.32 Å². The summed E-state index contributed by atoms with van der Waals surface area (Å²) in [6.07, 6.45) is 0.973. The highest BCUT2D eigenvalue weighted by molar-refractivity contribution is 7.92. The van der Waals surface area contributed by atoms with Crippen molar-refractivity contribution in [3.05, 3.63) is 58.9 Å². The molecule has 1 amide bonds. The summed E-state index contributed by atoms with van der Waals surface area (Å²) in [6, 6.07) is 10.4. The number of amides is 1. The van der Waals surface area contributed by atoms with Crippen LogP contribution in [0.15, 0.2) is 42.5 Å². The van der Waals surface area contributed by atoms with Gasteiger partial charge in [-0.1, -0.05) is 23.7 Å². The van der Waals surface area contributed by atoms with Crippen molar-refractivity contribution in [3.8, 4) is 0 Å². The lowest BCUT2D eigenvalue weighted by molar-refractivity contribution is -0.116. The first-order chi connectivity index (χ1) is 11.7. The molecule has 25 heavy (non-hydrogen) atoms. The zero-order valence-corrected chi connectivity index (χ0v) is 15.4. The predicted octanol–water partition coefficient (Wildman–Crippen LogP) is 3.58. The van der Waals surface area contributed by atoms with Crippen LogP contribution in [0.1, 0.15) is 12.0 Å². The van der Waals surface area contributed by atoms with Crippen LogP contribution in [-0.4, -0.2) is 27.1 Å². The minimum Gasteiger partial charge on any atom is -0.326 e. The number of nitrogens with one attached hydrogen (secondary N) is 1. The SMILES string of the molecule is Cc1ccc(N(CCC(=O)Nc2cccc(F)c2)S(C)(=O)=O)cc1Cl. The molecule has 2 aromatic rings. The number of sulfonamides is 1. The molecule has 0 saturated carbocycles. The summed E-state index contributed by atoms with van der Waals surface area (Å²) >= 11 is 6.06. The number of rotatable bonds is 6. The smallest absolute Gasteiger partial charge is 0.232 e. The van der Waals surface area contributed by atoms with E-state index < -0.39 is 21.7 Å². The number of anilines is 2. The normalized spacial score (nSPS) is 11.2. The zero-order chi connectivity index (χ0) is 18.6. The van der Waals surface area contributed by atoms with Gasteiger partial charge in [0.1, 0.15) is 5.82 Å². The highest BCUT2D eigenvalue weighted by atomic mass is 35.5. The molecule has 0 bridgehead atoms. The van der Waals surface area contributed by atoms with Crippen molar-refractivity contribution in [3.63, 3.8) is 0 Å². The molecule has 0 atom stereocenters. The van der Waals surface area contributed by atoms with Gasteiger partial charge in [0.25, 0.3) is 0 Å². The largest absolute Gasteiger partial charge is 0.326 e. The second-order valence-corrected chi connectivity index (χ2v) is 7.89. The molecule has 0 radical (unpaired) electrons. The summed E-state index contributed by atoms with van der Waals surface area (Å²) in [5.41, 5.74) is 1.52. The minimum atomic E-state index is -3.59. The Kier molecular flexibility index (Phi) is 6.02. The topological polar surface area (TPSA) is 66.5 Å². The summed E-state index contributed by atoms with van der Waals surface area (Å²) in [5.74, 6) is -0.887. The van der Waals surface area contributed by atoms with E-state index in [1.165, 1.54) is 18.2 Å². The monoisotopic (exact) mass is 384 g/mol. The quantitative estimate of drug-likeness (QED) is 0.827. The predicted molar refractivity (Wildman–Crippen MR) is 98.0 cm³/mol. The van der Waals surface area contributed by atoms with Crippen molar-refractivity contribution in [2.45, 2.75) is 13.3 Å². The van der Waals surface area contributed by atoms with Crippen molar-refractivity contribution < 1.29 is 17.6 Å². The van der Waals surface area contributed by atoms with Crippen molar-refractivity contribution in [1.29, 1.82) is 0 Å². The van der Waals surface area contributed by atoms with Crippen LogP contribution in [0, 0.1) is 12.7 Å². The van der Waals surface area contributed by atoms with Gasteiger partial charge in [-0.3, -0.25) is 9.10 Å². The van der Waals surface area contributed by atoms with Gasteiger partial charge in [0.15, 0.2) is 0 Å². The number of carbonyl (C=O) groups excluding carboxylic acids is 1. The summed E-state index contributed by atoms with van der Waals surface area (Å²) in [7, 11) is -3.59. The first-order valence-corrected chi connectivity index (χ1v) is 9.69. The summed E-state index contributed by atoms with van der Waals surface area (Å²) in [5, 5.41) is 2.98. The lowest BCUT2D eigenvalue weighted by Crippen LogP contribution is -2.33. The molecule has 0 spiro atoms. The van der Waals surface area contributed by atoms with Crippen molar-refractivity contribution in [2.24, 2.45) is 0 Å². The van der Waals surface area contributed by atoms with Crippen LogP contribution in [0.4, 0.5) is 15.8 Å². The van der Waals surface area contributed by atoms with Crippen molar-refractivity contribution in [2.75, 3.05) is 22.4 Å². The molecule has 8 heteroatoms. The molecule has 0 aliphatic rings. The van der Waals surface area contributed by atoms with Crippen molar-refractivity contribution >= 4 is 38.9 Å². The summed E-state index contributed by atoms with van der Waals surface area (Å²) in [4.78, 5) is 12.0. The molecular weight excluding hydrogens is 367 g/mol. The highest BCUT2D eigenvalue weighted by Gasteiger charge is 2.19. The molecule has 0 aliphatic carbocycles. The molecule has 0 saturated heterocycles. The lowest BCUT2D eigenvalue weighted by Gasteiger charge is -2.22. The van der Waals surface area contributed by atoms with Crippen LogP contribution in [0.3, 0.4) is 0 Å². The average molecular weight is 385 g/mol. The third-order valence-corrected chi connectivity index (χ3v) is 5.10. The second kappa shape index (κ2) is 7.84. The highest BCUT2D eigenvalue weighted by Crippen LogP contribution is 2.25. The van der Waals surface area contributed by atoms with Gasteiger partial charge >= 0.3 is 0 Å². The molecule has 2 rings (SSSR count). The zero-order valence-electron chi connectivity index (χ0n) is 13.8. The molecule has 0 fully saturated rings. The number of nitrogens with zero attached hydrogens (tertiary/aromatic N) is 1. The van der Waals surface area contributed by atoms with Gasteiger partial charge in [-0.2, -0.15) is 0 Å². The Morgan fingerprint density at radius 3 is 2.56 bits per heavy atom. The molecule has 1 N–H and O–H groups in total. The Bertz CT molecular complexity index is 887. The van der Waals surface area contributed by atoms with Crippen molar-refractivity contribution in [1.82, 2.24) is 0 Å². The average Bonchev–Trinajstić information content (AvgIpc) is 2.49.